The fraction of sp³-hybridized carbons (Fsp3) is 0.562. The van der Waals surface area contributed by atoms with Crippen LogP contribution in [0.5, 0.6) is 0 Å². The number of carbonyl (C=O) groups excluding carboxylic acids is 1. The number of aliphatic hydroxyl groups excluding tert-OH is 4. The van der Waals surface area contributed by atoms with E-state index in [4.69, 9.17) is 9.84 Å². The molecule has 2 rings (SSSR count). The minimum absolute atomic E-state index is 0.402. The van der Waals surface area contributed by atoms with E-state index in [-0.39, 0.29) is 0 Å². The highest BCUT2D eigenvalue weighted by Crippen LogP contribution is 2.24. The predicted molar refractivity (Wildman–Crippen MR) is 79.9 cm³/mol. The van der Waals surface area contributed by atoms with Crippen molar-refractivity contribution < 1.29 is 34.7 Å². The van der Waals surface area contributed by atoms with Crippen molar-refractivity contribution in [2.45, 2.75) is 43.4 Å². The SMILES string of the molecule is COC(=O)c1ccc(CCC2O[C@H](CO)[C@@H](O)[C@H](O)[C@H]2O)cc1. The largest absolute Gasteiger partial charge is 0.465 e. The normalized spacial score (nSPS) is 30.9. The summed E-state index contributed by atoms with van der Waals surface area (Å²) in [5, 5.41) is 38.6. The summed E-state index contributed by atoms with van der Waals surface area (Å²) in [6.45, 7) is -0.435. The number of hydrogen-bond acceptors (Lipinski definition) is 7. The maximum Gasteiger partial charge on any atom is 0.337 e. The molecule has 0 bridgehead atoms. The summed E-state index contributed by atoms with van der Waals surface area (Å²) in [5.74, 6) is -0.412. The van der Waals surface area contributed by atoms with E-state index >= 15 is 0 Å². The molecule has 1 aromatic rings. The molecule has 1 unspecified atom stereocenters. The van der Waals surface area contributed by atoms with E-state index in [2.05, 4.69) is 4.74 Å². The van der Waals surface area contributed by atoms with Gasteiger partial charge >= 0.3 is 5.97 Å². The van der Waals surface area contributed by atoms with E-state index in [9.17, 15) is 20.1 Å². The first-order valence-electron chi connectivity index (χ1n) is 7.45. The Morgan fingerprint density at radius 1 is 1.09 bits per heavy atom. The molecule has 0 amide bonds. The molecule has 1 aliphatic heterocycles. The molecule has 0 aromatic heterocycles. The van der Waals surface area contributed by atoms with E-state index < -0.39 is 43.1 Å². The minimum atomic E-state index is -1.35. The topological polar surface area (TPSA) is 116 Å². The summed E-state index contributed by atoms with van der Waals surface area (Å²) in [7, 11) is 1.31. The smallest absolute Gasteiger partial charge is 0.337 e. The highest BCUT2D eigenvalue weighted by atomic mass is 16.5. The highest BCUT2D eigenvalue weighted by Gasteiger charge is 2.42. The molecule has 7 heteroatoms. The lowest BCUT2D eigenvalue weighted by Gasteiger charge is -2.40. The third-order valence-electron chi connectivity index (χ3n) is 4.08. The van der Waals surface area contributed by atoms with Crippen LogP contribution in [0.25, 0.3) is 0 Å². The number of ether oxygens (including phenoxy) is 2. The molecule has 0 saturated carbocycles. The van der Waals surface area contributed by atoms with Gasteiger partial charge in [-0.25, -0.2) is 4.79 Å². The van der Waals surface area contributed by atoms with Crippen LogP contribution in [0, 0.1) is 0 Å². The summed E-state index contributed by atoms with van der Waals surface area (Å²) in [6, 6.07) is 6.84. The molecule has 128 valence electrons. The minimum Gasteiger partial charge on any atom is -0.465 e. The molecular formula is C16H22O7. The summed E-state index contributed by atoms with van der Waals surface area (Å²) in [4.78, 5) is 11.4. The fourth-order valence-electron chi connectivity index (χ4n) is 2.65. The Hall–Kier alpha value is -1.51. The average molecular weight is 326 g/mol. The monoisotopic (exact) mass is 326 g/mol. The van der Waals surface area contributed by atoms with Crippen LogP contribution in [0.3, 0.4) is 0 Å². The number of carbonyl (C=O) groups is 1. The van der Waals surface area contributed by atoms with Gasteiger partial charge in [0.15, 0.2) is 0 Å². The predicted octanol–water partition coefficient (Wildman–Crippen LogP) is -0.752. The zero-order valence-corrected chi connectivity index (χ0v) is 12.8. The molecule has 1 aliphatic rings. The standard InChI is InChI=1S/C16H22O7/c1-22-16(21)10-5-2-9(3-6-10)4-7-11-13(18)15(20)14(19)12(8-17)23-11/h2-3,5-6,11-15,17-20H,4,7-8H2,1H3/t11?,12-,13+,14-,15-/m1/s1. The van der Waals surface area contributed by atoms with Crippen molar-refractivity contribution in [1.82, 2.24) is 0 Å². The van der Waals surface area contributed by atoms with Gasteiger partial charge in [-0.3, -0.25) is 0 Å². The number of hydrogen-bond donors (Lipinski definition) is 4. The van der Waals surface area contributed by atoms with Gasteiger partial charge in [0.2, 0.25) is 0 Å². The summed E-state index contributed by atoms with van der Waals surface area (Å²) in [6.07, 6.45) is -4.55. The summed E-state index contributed by atoms with van der Waals surface area (Å²) in [5.41, 5.74) is 1.37. The molecule has 1 saturated heterocycles. The molecule has 5 atom stereocenters. The van der Waals surface area contributed by atoms with Crippen molar-refractivity contribution in [2.24, 2.45) is 0 Å². The molecule has 7 nitrogen and oxygen atoms in total. The van der Waals surface area contributed by atoms with E-state index in [1.165, 1.54) is 7.11 Å². The van der Waals surface area contributed by atoms with Crippen LogP contribution in [0.2, 0.25) is 0 Å². The van der Waals surface area contributed by atoms with Gasteiger partial charge in [-0.15, -0.1) is 0 Å². The Bertz CT molecular complexity index is 514. The molecule has 1 aromatic carbocycles. The number of aryl methyl sites for hydroxylation is 1. The Balaban J connectivity index is 1.95. The summed E-state index contributed by atoms with van der Waals surface area (Å²) < 4.78 is 10.1. The molecule has 1 heterocycles. The first-order chi connectivity index (χ1) is 11.0. The lowest BCUT2D eigenvalue weighted by atomic mass is 9.92. The van der Waals surface area contributed by atoms with Crippen molar-refractivity contribution in [1.29, 1.82) is 0 Å². The Labute approximate surface area is 134 Å². The molecule has 1 fully saturated rings. The van der Waals surface area contributed by atoms with Crippen molar-refractivity contribution in [3.8, 4) is 0 Å². The lowest BCUT2D eigenvalue weighted by Crippen LogP contribution is -2.58. The second-order valence-corrected chi connectivity index (χ2v) is 5.59. The number of methoxy groups -OCH3 is 1. The van der Waals surface area contributed by atoms with Crippen molar-refractivity contribution in [3.63, 3.8) is 0 Å². The quantitative estimate of drug-likeness (QED) is 0.526. The van der Waals surface area contributed by atoms with Crippen LogP contribution in [0.1, 0.15) is 22.3 Å². The van der Waals surface area contributed by atoms with Gasteiger partial charge in [0.1, 0.15) is 24.4 Å². The molecule has 0 spiro atoms. The number of aliphatic hydroxyl groups is 4. The fourth-order valence-corrected chi connectivity index (χ4v) is 2.65. The first kappa shape index (κ1) is 17.8. The van der Waals surface area contributed by atoms with Crippen LogP contribution in [-0.2, 0) is 15.9 Å². The van der Waals surface area contributed by atoms with Gasteiger partial charge in [0.05, 0.1) is 25.4 Å². The van der Waals surface area contributed by atoms with Crippen LogP contribution in [0.15, 0.2) is 24.3 Å². The van der Waals surface area contributed by atoms with Gasteiger partial charge in [-0.1, -0.05) is 12.1 Å². The second kappa shape index (κ2) is 7.85. The van der Waals surface area contributed by atoms with Gasteiger partial charge in [-0.2, -0.15) is 0 Å². The first-order valence-corrected chi connectivity index (χ1v) is 7.45. The lowest BCUT2D eigenvalue weighted by molar-refractivity contribution is -0.230. The number of rotatable bonds is 5. The zero-order chi connectivity index (χ0) is 17.0. The van der Waals surface area contributed by atoms with Crippen molar-refractivity contribution in [2.75, 3.05) is 13.7 Å². The molecule has 23 heavy (non-hydrogen) atoms. The number of esters is 1. The van der Waals surface area contributed by atoms with Crippen LogP contribution in [0.4, 0.5) is 0 Å². The van der Waals surface area contributed by atoms with Gasteiger partial charge in [0, 0.05) is 0 Å². The van der Waals surface area contributed by atoms with E-state index in [1.807, 2.05) is 0 Å². The van der Waals surface area contributed by atoms with Crippen LogP contribution >= 0.6 is 0 Å². The van der Waals surface area contributed by atoms with Crippen LogP contribution in [-0.4, -0.2) is 70.6 Å². The third-order valence-corrected chi connectivity index (χ3v) is 4.08. The van der Waals surface area contributed by atoms with Crippen LogP contribution < -0.4 is 0 Å². The molecule has 0 radical (unpaired) electrons. The molecular weight excluding hydrogens is 304 g/mol. The average Bonchev–Trinajstić information content (AvgIpc) is 2.59. The second-order valence-electron chi connectivity index (χ2n) is 5.59. The maximum atomic E-state index is 11.4. The number of benzene rings is 1. The van der Waals surface area contributed by atoms with E-state index in [0.29, 0.717) is 18.4 Å². The third kappa shape index (κ3) is 4.07. The molecule has 4 N–H and O–H groups in total. The Morgan fingerprint density at radius 3 is 2.26 bits per heavy atom. The van der Waals surface area contributed by atoms with Gasteiger partial charge in [0.25, 0.3) is 0 Å². The Morgan fingerprint density at radius 2 is 1.70 bits per heavy atom. The zero-order valence-electron chi connectivity index (χ0n) is 12.8. The highest BCUT2D eigenvalue weighted by molar-refractivity contribution is 5.89. The van der Waals surface area contributed by atoms with Gasteiger partial charge in [-0.05, 0) is 30.5 Å². The van der Waals surface area contributed by atoms with E-state index in [1.54, 1.807) is 24.3 Å². The van der Waals surface area contributed by atoms with Gasteiger partial charge < -0.3 is 29.9 Å². The van der Waals surface area contributed by atoms with Crippen molar-refractivity contribution in [3.05, 3.63) is 35.4 Å². The molecule has 0 aliphatic carbocycles. The Kier molecular flexibility index (Phi) is 6.09. The maximum absolute atomic E-state index is 11.4. The summed E-state index contributed by atoms with van der Waals surface area (Å²) >= 11 is 0. The van der Waals surface area contributed by atoms with Crippen molar-refractivity contribution >= 4 is 5.97 Å². The van der Waals surface area contributed by atoms with E-state index in [0.717, 1.165) is 5.56 Å².